The Morgan fingerprint density at radius 2 is 1.96 bits per heavy atom. The average molecular weight is 362 g/mol. The zero-order valence-electron chi connectivity index (χ0n) is 13.4. The molecule has 0 unspecified atom stereocenters. The Kier molecular flexibility index (Phi) is 3.60. The van der Waals surface area contributed by atoms with Crippen molar-refractivity contribution in [2.24, 2.45) is 0 Å². The quantitative estimate of drug-likeness (QED) is 0.722. The predicted molar refractivity (Wildman–Crippen MR) is 85.7 cm³/mol. The molecule has 2 aromatic heterocycles. The van der Waals surface area contributed by atoms with Gasteiger partial charge in [0.2, 0.25) is 0 Å². The van der Waals surface area contributed by atoms with Crippen molar-refractivity contribution in [2.75, 3.05) is 6.54 Å². The number of hydrogen-bond donors (Lipinski definition) is 1. The van der Waals surface area contributed by atoms with Crippen LogP contribution in [0, 0.1) is 0 Å². The monoisotopic (exact) mass is 362 g/mol. The van der Waals surface area contributed by atoms with Crippen LogP contribution in [0.25, 0.3) is 5.65 Å². The van der Waals surface area contributed by atoms with Crippen LogP contribution >= 0.6 is 0 Å². The Bertz CT molecular complexity index is 1070. The first kappa shape index (κ1) is 16.4. The number of amides is 1. The molecule has 0 fully saturated rings. The topological polar surface area (TPSA) is 70.5 Å². The van der Waals surface area contributed by atoms with Gasteiger partial charge in [0.1, 0.15) is 0 Å². The molecule has 3 heterocycles. The number of hydrogen-bond acceptors (Lipinski definition) is 3. The molecule has 0 aliphatic carbocycles. The van der Waals surface area contributed by atoms with E-state index >= 15 is 0 Å². The van der Waals surface area contributed by atoms with Crippen LogP contribution in [0.5, 0.6) is 0 Å². The zero-order chi connectivity index (χ0) is 18.5. The molecule has 0 saturated carbocycles. The van der Waals surface area contributed by atoms with Crippen molar-refractivity contribution in [3.8, 4) is 0 Å². The minimum Gasteiger partial charge on any atom is -0.332 e. The molecule has 1 aliphatic heterocycles. The van der Waals surface area contributed by atoms with E-state index in [0.717, 1.165) is 6.07 Å². The van der Waals surface area contributed by atoms with E-state index in [9.17, 15) is 22.8 Å². The highest BCUT2D eigenvalue weighted by molar-refractivity contribution is 5.96. The highest BCUT2D eigenvalue weighted by Crippen LogP contribution is 2.32. The number of carbonyl (C=O) groups is 1. The molecule has 1 aliphatic rings. The summed E-state index contributed by atoms with van der Waals surface area (Å²) in [5.74, 6) is -0.723. The van der Waals surface area contributed by atoms with Crippen LogP contribution in [0.2, 0.25) is 0 Å². The van der Waals surface area contributed by atoms with Crippen molar-refractivity contribution in [2.45, 2.75) is 19.1 Å². The largest absolute Gasteiger partial charge is 0.417 e. The van der Waals surface area contributed by atoms with Gasteiger partial charge in [-0.15, -0.1) is 0 Å². The minimum absolute atomic E-state index is 0.00270. The lowest BCUT2D eigenvalue weighted by Gasteiger charge is -2.28. The first-order chi connectivity index (χ1) is 12.4. The van der Waals surface area contributed by atoms with Crippen LogP contribution in [0.1, 0.15) is 27.2 Å². The highest BCUT2D eigenvalue weighted by atomic mass is 19.4. The molecule has 0 radical (unpaired) electrons. The molecule has 1 N–H and O–H groups in total. The maximum atomic E-state index is 13.2. The van der Waals surface area contributed by atoms with E-state index in [4.69, 9.17) is 0 Å². The third-order valence-electron chi connectivity index (χ3n) is 4.45. The van der Waals surface area contributed by atoms with Crippen molar-refractivity contribution < 1.29 is 18.0 Å². The zero-order valence-corrected chi connectivity index (χ0v) is 13.4. The molecule has 0 spiro atoms. The lowest BCUT2D eigenvalue weighted by Crippen LogP contribution is -2.40. The Morgan fingerprint density at radius 3 is 2.73 bits per heavy atom. The molecular weight excluding hydrogens is 349 g/mol. The van der Waals surface area contributed by atoms with Gasteiger partial charge in [0, 0.05) is 24.4 Å². The third kappa shape index (κ3) is 2.56. The number of nitrogens with zero attached hydrogens (tertiary/aromatic N) is 3. The van der Waals surface area contributed by atoms with Gasteiger partial charge in [0.15, 0.2) is 5.65 Å². The Morgan fingerprint density at radius 1 is 1.19 bits per heavy atom. The number of aromatic amines is 1. The van der Waals surface area contributed by atoms with Gasteiger partial charge in [-0.2, -0.15) is 13.2 Å². The number of fused-ring (bicyclic) bond motifs is 2. The van der Waals surface area contributed by atoms with Crippen molar-refractivity contribution in [1.82, 2.24) is 19.5 Å². The third-order valence-corrected chi connectivity index (χ3v) is 4.45. The second kappa shape index (κ2) is 5.72. The second-order valence-corrected chi connectivity index (χ2v) is 6.02. The van der Waals surface area contributed by atoms with Crippen molar-refractivity contribution in [1.29, 1.82) is 0 Å². The van der Waals surface area contributed by atoms with Crippen LogP contribution in [-0.2, 0) is 19.1 Å². The van der Waals surface area contributed by atoms with E-state index in [1.807, 2.05) is 0 Å². The van der Waals surface area contributed by atoms with Crippen molar-refractivity contribution >= 4 is 11.6 Å². The molecule has 1 amide bonds. The predicted octanol–water partition coefficient (Wildman–Crippen LogP) is 2.24. The average Bonchev–Trinajstić information content (AvgIpc) is 3.09. The van der Waals surface area contributed by atoms with Crippen molar-refractivity contribution in [3.63, 3.8) is 0 Å². The maximum Gasteiger partial charge on any atom is 0.417 e. The van der Waals surface area contributed by atoms with Crippen LogP contribution in [0.3, 0.4) is 0 Å². The molecule has 4 rings (SSSR count). The fraction of sp³-hybridized carbons (Fsp3) is 0.235. The van der Waals surface area contributed by atoms with E-state index in [1.165, 1.54) is 27.6 Å². The van der Waals surface area contributed by atoms with Crippen LogP contribution in [-0.4, -0.2) is 31.9 Å². The van der Waals surface area contributed by atoms with Gasteiger partial charge in [-0.3, -0.25) is 14.7 Å². The number of rotatable bonds is 1. The van der Waals surface area contributed by atoms with E-state index in [2.05, 4.69) is 10.1 Å². The number of aromatic nitrogens is 3. The van der Waals surface area contributed by atoms with Gasteiger partial charge in [-0.1, -0.05) is 12.1 Å². The second-order valence-electron chi connectivity index (χ2n) is 6.02. The number of alkyl halides is 3. The lowest BCUT2D eigenvalue weighted by molar-refractivity contribution is -0.138. The summed E-state index contributed by atoms with van der Waals surface area (Å²) in [6, 6.07) is 6.31. The summed E-state index contributed by atoms with van der Waals surface area (Å²) in [4.78, 5) is 30.7. The molecule has 26 heavy (non-hydrogen) atoms. The molecule has 0 atom stereocenters. The van der Waals surface area contributed by atoms with Gasteiger partial charge in [0.05, 0.1) is 23.4 Å². The van der Waals surface area contributed by atoms with Gasteiger partial charge < -0.3 is 4.90 Å². The molecular formula is C17H13F3N4O2. The Hall–Kier alpha value is -3.10. The number of carbonyl (C=O) groups excluding carboxylic acids is 1. The van der Waals surface area contributed by atoms with Crippen LogP contribution < -0.4 is 5.56 Å². The van der Waals surface area contributed by atoms with E-state index in [-0.39, 0.29) is 25.1 Å². The highest BCUT2D eigenvalue weighted by Gasteiger charge is 2.36. The number of halogens is 3. The molecule has 1 aromatic carbocycles. The van der Waals surface area contributed by atoms with Crippen molar-refractivity contribution in [3.05, 3.63) is 69.3 Å². The first-order valence-corrected chi connectivity index (χ1v) is 7.89. The van der Waals surface area contributed by atoms with E-state index in [1.54, 1.807) is 12.3 Å². The summed E-state index contributed by atoms with van der Waals surface area (Å²) in [6.07, 6.45) is -2.81. The van der Waals surface area contributed by atoms with Gasteiger partial charge in [-0.05, 0) is 18.6 Å². The molecule has 6 nitrogen and oxygen atoms in total. The van der Waals surface area contributed by atoms with Crippen LogP contribution in [0.4, 0.5) is 13.2 Å². The number of benzene rings is 1. The summed E-state index contributed by atoms with van der Waals surface area (Å²) in [5.41, 5.74) is -0.332. The smallest absolute Gasteiger partial charge is 0.332 e. The fourth-order valence-corrected chi connectivity index (χ4v) is 3.19. The lowest BCUT2D eigenvalue weighted by atomic mass is 10.0. The Balaban J connectivity index is 1.71. The SMILES string of the molecule is O=C(c1ccccc1C(F)(F)F)N1CCc2c(nc3cc[nH]n3c2=O)C1. The maximum absolute atomic E-state index is 13.2. The summed E-state index contributed by atoms with van der Waals surface area (Å²) in [7, 11) is 0. The molecule has 134 valence electrons. The van der Waals surface area contributed by atoms with Gasteiger partial charge in [0.25, 0.3) is 11.5 Å². The summed E-state index contributed by atoms with van der Waals surface area (Å²) >= 11 is 0. The fourth-order valence-electron chi connectivity index (χ4n) is 3.19. The van der Waals surface area contributed by atoms with E-state index < -0.39 is 23.2 Å². The Labute approximate surface area is 144 Å². The summed E-state index contributed by atoms with van der Waals surface area (Å²) in [5, 5.41) is 2.76. The first-order valence-electron chi connectivity index (χ1n) is 7.89. The number of nitrogens with one attached hydrogen (secondary N) is 1. The molecule has 9 heteroatoms. The van der Waals surface area contributed by atoms with Crippen LogP contribution in [0.15, 0.2) is 41.3 Å². The normalized spacial score (nSPS) is 14.5. The standard InChI is InChI=1S/C17H13F3N4O2/c18-17(19,20)12-4-2-1-3-10(12)15(25)23-8-6-11-13(9-23)22-14-5-7-21-24(14)16(11)26/h1-5,7,21H,6,8-9H2. The number of H-pyrrole nitrogens is 1. The summed E-state index contributed by atoms with van der Waals surface area (Å²) < 4.78 is 40.8. The van der Waals surface area contributed by atoms with Gasteiger partial charge in [-0.25, -0.2) is 9.50 Å². The molecule has 0 saturated heterocycles. The minimum atomic E-state index is -4.62. The molecule has 3 aromatic rings. The molecule has 0 bridgehead atoms. The van der Waals surface area contributed by atoms with Gasteiger partial charge >= 0.3 is 6.18 Å². The summed E-state index contributed by atoms with van der Waals surface area (Å²) in [6.45, 7) is 0.152. The van der Waals surface area contributed by atoms with E-state index in [0.29, 0.717) is 16.9 Å².